The van der Waals surface area contributed by atoms with Crippen LogP contribution in [0.5, 0.6) is 0 Å². The summed E-state index contributed by atoms with van der Waals surface area (Å²) in [6.45, 7) is 0. The third-order valence-corrected chi connectivity index (χ3v) is 3.88. The first-order chi connectivity index (χ1) is 10.1. The van der Waals surface area contributed by atoms with Crippen molar-refractivity contribution in [1.29, 1.82) is 0 Å². The van der Waals surface area contributed by atoms with Gasteiger partial charge in [-0.3, -0.25) is 4.68 Å². The number of benzene rings is 2. The van der Waals surface area contributed by atoms with Crippen molar-refractivity contribution in [2.75, 3.05) is 0 Å². The molecule has 0 spiro atoms. The summed E-state index contributed by atoms with van der Waals surface area (Å²) in [6, 6.07) is 11.9. The average Bonchev–Trinajstić information content (AvgIpc) is 2.80. The molecule has 0 aliphatic heterocycles. The molecule has 3 rings (SSSR count). The van der Waals surface area contributed by atoms with Crippen molar-refractivity contribution in [2.45, 2.75) is 12.5 Å². The highest BCUT2D eigenvalue weighted by atomic mass is 35.5. The molecule has 0 aliphatic carbocycles. The average molecular weight is 305 g/mol. The molecule has 0 amide bonds. The first-order valence-electron chi connectivity index (χ1n) is 6.60. The highest BCUT2D eigenvalue weighted by Gasteiger charge is 2.18. The summed E-state index contributed by atoms with van der Waals surface area (Å²) in [5.74, 6) is -0.387. The Labute approximate surface area is 126 Å². The van der Waals surface area contributed by atoms with E-state index >= 15 is 0 Å². The van der Waals surface area contributed by atoms with Crippen LogP contribution < -0.4 is 0 Å². The van der Waals surface area contributed by atoms with Crippen LogP contribution in [-0.4, -0.2) is 14.9 Å². The molecule has 0 aliphatic rings. The van der Waals surface area contributed by atoms with Crippen LogP contribution in [0, 0.1) is 5.82 Å². The lowest BCUT2D eigenvalue weighted by atomic mass is 10.0. The van der Waals surface area contributed by atoms with Crippen molar-refractivity contribution in [2.24, 2.45) is 7.05 Å². The summed E-state index contributed by atoms with van der Waals surface area (Å²) in [7, 11) is 1.84. The number of hydrogen-bond donors (Lipinski definition) is 1. The van der Waals surface area contributed by atoms with E-state index < -0.39 is 6.10 Å². The fourth-order valence-corrected chi connectivity index (χ4v) is 2.72. The maximum absolute atomic E-state index is 13.1. The van der Waals surface area contributed by atoms with E-state index in [9.17, 15) is 9.50 Å². The summed E-state index contributed by atoms with van der Waals surface area (Å²) < 4.78 is 14.8. The van der Waals surface area contributed by atoms with Crippen molar-refractivity contribution in [1.82, 2.24) is 9.78 Å². The number of aliphatic hydroxyl groups excluding tert-OH is 1. The van der Waals surface area contributed by atoms with Gasteiger partial charge in [0.15, 0.2) is 0 Å². The molecule has 0 saturated heterocycles. The molecule has 2 aromatic carbocycles. The Kier molecular flexibility index (Phi) is 3.66. The topological polar surface area (TPSA) is 38.0 Å². The Balaban J connectivity index is 1.95. The van der Waals surface area contributed by atoms with Gasteiger partial charge in [-0.2, -0.15) is 5.10 Å². The second kappa shape index (κ2) is 5.47. The summed E-state index contributed by atoms with van der Waals surface area (Å²) in [5.41, 5.74) is 2.26. The van der Waals surface area contributed by atoms with Crippen molar-refractivity contribution in [3.8, 4) is 0 Å². The van der Waals surface area contributed by atoms with Crippen molar-refractivity contribution < 1.29 is 9.50 Å². The summed E-state index contributed by atoms with van der Waals surface area (Å²) in [4.78, 5) is 0. The number of halogens is 2. The molecule has 3 aromatic rings. The van der Waals surface area contributed by atoms with Crippen LogP contribution in [0.25, 0.3) is 10.9 Å². The van der Waals surface area contributed by atoms with E-state index in [1.54, 1.807) is 10.7 Å². The van der Waals surface area contributed by atoms with Gasteiger partial charge < -0.3 is 5.11 Å². The van der Waals surface area contributed by atoms with Gasteiger partial charge in [0.1, 0.15) is 11.9 Å². The molecule has 5 heteroatoms. The molecule has 1 heterocycles. The SMILES string of the molecule is Cn1nc(C(O)Cc2ccc(F)cc2Cl)c2ccccc21. The van der Waals surface area contributed by atoms with E-state index in [0.29, 0.717) is 22.7 Å². The van der Waals surface area contributed by atoms with Gasteiger partial charge in [-0.25, -0.2) is 4.39 Å². The maximum atomic E-state index is 13.1. The molecule has 21 heavy (non-hydrogen) atoms. The van der Waals surface area contributed by atoms with Crippen LogP contribution in [-0.2, 0) is 13.5 Å². The standard InChI is InChI=1S/C16H14ClFN2O/c1-20-14-5-3-2-4-12(14)16(19-20)15(21)8-10-6-7-11(18)9-13(10)17/h2-7,9,15,21H,8H2,1H3. The van der Waals surface area contributed by atoms with Crippen LogP contribution in [0.1, 0.15) is 17.4 Å². The number of rotatable bonds is 3. The van der Waals surface area contributed by atoms with Crippen LogP contribution in [0.3, 0.4) is 0 Å². The van der Waals surface area contributed by atoms with Crippen LogP contribution in [0.4, 0.5) is 4.39 Å². The second-order valence-corrected chi connectivity index (χ2v) is 5.39. The third kappa shape index (κ3) is 2.64. The van der Waals surface area contributed by atoms with Gasteiger partial charge in [0.05, 0.1) is 11.2 Å². The second-order valence-electron chi connectivity index (χ2n) is 4.98. The molecule has 1 atom stereocenters. The Morgan fingerprint density at radius 3 is 2.81 bits per heavy atom. The van der Waals surface area contributed by atoms with Crippen molar-refractivity contribution in [3.63, 3.8) is 0 Å². The van der Waals surface area contributed by atoms with E-state index in [-0.39, 0.29) is 5.82 Å². The molecule has 0 radical (unpaired) electrons. The van der Waals surface area contributed by atoms with E-state index in [4.69, 9.17) is 11.6 Å². The van der Waals surface area contributed by atoms with Crippen LogP contribution >= 0.6 is 11.6 Å². The molecule has 108 valence electrons. The number of para-hydroxylation sites is 1. The van der Waals surface area contributed by atoms with Gasteiger partial charge in [0.2, 0.25) is 0 Å². The van der Waals surface area contributed by atoms with Crippen LogP contribution in [0.15, 0.2) is 42.5 Å². The van der Waals surface area contributed by atoms with E-state index in [1.165, 1.54) is 12.1 Å². The first-order valence-corrected chi connectivity index (χ1v) is 6.97. The lowest BCUT2D eigenvalue weighted by molar-refractivity contribution is 0.174. The predicted octanol–water partition coefficient (Wildman–Crippen LogP) is 3.64. The molecule has 0 fully saturated rings. The summed E-state index contributed by atoms with van der Waals surface area (Å²) in [5, 5.41) is 16.1. The maximum Gasteiger partial charge on any atom is 0.124 e. The summed E-state index contributed by atoms with van der Waals surface area (Å²) >= 11 is 6.01. The van der Waals surface area contributed by atoms with Crippen molar-refractivity contribution in [3.05, 3.63) is 64.6 Å². The molecular weight excluding hydrogens is 291 g/mol. The Morgan fingerprint density at radius 1 is 1.29 bits per heavy atom. The lowest BCUT2D eigenvalue weighted by Crippen LogP contribution is -2.04. The minimum absolute atomic E-state index is 0.292. The lowest BCUT2D eigenvalue weighted by Gasteiger charge is -2.10. The number of nitrogens with zero attached hydrogens (tertiary/aromatic N) is 2. The third-order valence-electron chi connectivity index (χ3n) is 3.53. The molecule has 1 N–H and O–H groups in total. The Bertz CT molecular complexity index is 800. The minimum Gasteiger partial charge on any atom is -0.386 e. The first kappa shape index (κ1) is 14.0. The number of aromatic nitrogens is 2. The quantitative estimate of drug-likeness (QED) is 0.802. The minimum atomic E-state index is -0.793. The van der Waals surface area contributed by atoms with E-state index in [0.717, 1.165) is 10.9 Å². The molecule has 0 bridgehead atoms. The molecule has 1 unspecified atom stereocenters. The largest absolute Gasteiger partial charge is 0.386 e. The number of hydrogen-bond acceptors (Lipinski definition) is 2. The Morgan fingerprint density at radius 2 is 2.05 bits per heavy atom. The molecule has 3 nitrogen and oxygen atoms in total. The smallest absolute Gasteiger partial charge is 0.124 e. The highest BCUT2D eigenvalue weighted by molar-refractivity contribution is 6.31. The fraction of sp³-hybridized carbons (Fsp3) is 0.188. The Hall–Kier alpha value is -1.91. The molecular formula is C16H14ClFN2O. The van der Waals surface area contributed by atoms with Gasteiger partial charge in [0.25, 0.3) is 0 Å². The highest BCUT2D eigenvalue weighted by Crippen LogP contribution is 2.28. The number of aliphatic hydroxyl groups is 1. The number of aryl methyl sites for hydroxylation is 1. The normalized spacial score (nSPS) is 12.8. The molecule has 0 saturated carbocycles. The van der Waals surface area contributed by atoms with Gasteiger partial charge in [-0.05, 0) is 23.8 Å². The zero-order valence-corrected chi connectivity index (χ0v) is 12.2. The number of fused-ring (bicyclic) bond motifs is 1. The van der Waals surface area contributed by atoms with Crippen LogP contribution in [0.2, 0.25) is 5.02 Å². The van der Waals surface area contributed by atoms with Crippen molar-refractivity contribution >= 4 is 22.5 Å². The monoisotopic (exact) mass is 304 g/mol. The zero-order valence-electron chi connectivity index (χ0n) is 11.4. The summed E-state index contributed by atoms with van der Waals surface area (Å²) in [6.07, 6.45) is -0.501. The van der Waals surface area contributed by atoms with E-state index in [2.05, 4.69) is 5.10 Å². The van der Waals surface area contributed by atoms with Gasteiger partial charge in [0, 0.05) is 23.9 Å². The van der Waals surface area contributed by atoms with Gasteiger partial charge >= 0.3 is 0 Å². The van der Waals surface area contributed by atoms with E-state index in [1.807, 2.05) is 31.3 Å². The zero-order chi connectivity index (χ0) is 15.0. The van der Waals surface area contributed by atoms with Gasteiger partial charge in [-0.15, -0.1) is 0 Å². The fourth-order valence-electron chi connectivity index (χ4n) is 2.48. The predicted molar refractivity (Wildman–Crippen MR) is 80.8 cm³/mol. The molecule has 1 aromatic heterocycles. The van der Waals surface area contributed by atoms with Gasteiger partial charge in [-0.1, -0.05) is 35.9 Å².